The summed E-state index contributed by atoms with van der Waals surface area (Å²) in [5.74, 6) is 0. The Bertz CT molecular complexity index is 865. The summed E-state index contributed by atoms with van der Waals surface area (Å²) in [6.45, 7) is 7.40. The molecule has 3 rings (SSSR count). The summed E-state index contributed by atoms with van der Waals surface area (Å²) < 4.78 is 11.9. The first-order valence-corrected chi connectivity index (χ1v) is 12.6. The van der Waals surface area contributed by atoms with Crippen molar-refractivity contribution < 1.29 is 14.3 Å². The first-order valence-electron chi connectivity index (χ1n) is 12.6. The van der Waals surface area contributed by atoms with E-state index in [0.717, 1.165) is 44.1 Å². The average molecular weight is 461 g/mol. The molecule has 0 N–H and O–H groups in total. The number of allylic oxidation sites excluding steroid dienone is 1. The van der Waals surface area contributed by atoms with Crippen molar-refractivity contribution in [2.45, 2.75) is 71.1 Å². The molecule has 1 aliphatic heterocycles. The van der Waals surface area contributed by atoms with E-state index in [2.05, 4.69) is 38.5 Å². The molecular weight excluding hydrogens is 422 g/mol. The molecule has 0 aliphatic carbocycles. The van der Waals surface area contributed by atoms with Crippen molar-refractivity contribution in [1.29, 1.82) is 0 Å². The van der Waals surface area contributed by atoms with Gasteiger partial charge in [-0.3, -0.25) is 4.90 Å². The first-order chi connectivity index (χ1) is 16.7. The molecule has 0 bridgehead atoms. The normalized spacial score (nSPS) is 18.1. The quantitative estimate of drug-likeness (QED) is 0.305. The van der Waals surface area contributed by atoms with Gasteiger partial charge in [0.25, 0.3) is 0 Å². The molecule has 1 saturated heterocycles. The number of nitrogens with zero attached hydrogens (tertiary/aromatic N) is 1. The summed E-state index contributed by atoms with van der Waals surface area (Å²) in [7, 11) is 0. The van der Waals surface area contributed by atoms with Crippen LogP contribution in [0.4, 0.5) is 4.79 Å². The Morgan fingerprint density at radius 1 is 1.03 bits per heavy atom. The number of carbonyl (C=O) groups excluding carboxylic acids is 1. The number of hydrogen-bond acceptors (Lipinski definition) is 3. The zero-order chi connectivity index (χ0) is 24.0. The fourth-order valence-electron chi connectivity index (χ4n) is 4.18. The number of amides is 1. The van der Waals surface area contributed by atoms with Gasteiger partial charge in [-0.05, 0) is 55.2 Å². The molecule has 2 atom stereocenters. The third-order valence-corrected chi connectivity index (χ3v) is 5.98. The number of carbonyl (C=O) groups is 1. The molecule has 1 heterocycles. The van der Waals surface area contributed by atoms with Crippen LogP contribution in [0.2, 0.25) is 0 Å². The third kappa shape index (κ3) is 8.02. The van der Waals surface area contributed by atoms with Gasteiger partial charge in [-0.15, -0.1) is 0 Å². The SMILES string of the molecule is CCC/C=C1\[CH][CH][CH]N(C(=O)O[C@@H](CCC)c2ccccc2)[C@H]1CCCOCc1ccccc1. The highest BCUT2D eigenvalue weighted by molar-refractivity contribution is 5.71. The molecule has 181 valence electrons. The van der Waals surface area contributed by atoms with Crippen LogP contribution in [-0.4, -0.2) is 23.6 Å². The number of unbranched alkanes of at least 4 members (excludes halogenated alkanes) is 1. The fourth-order valence-corrected chi connectivity index (χ4v) is 4.18. The summed E-state index contributed by atoms with van der Waals surface area (Å²) in [4.78, 5) is 15.1. The fraction of sp³-hybridized carbons (Fsp3) is 0.400. The van der Waals surface area contributed by atoms with Crippen LogP contribution in [0.15, 0.2) is 72.3 Å². The van der Waals surface area contributed by atoms with Gasteiger partial charge in [0.2, 0.25) is 0 Å². The summed E-state index contributed by atoms with van der Waals surface area (Å²) in [6.07, 6.45) is 11.3. The zero-order valence-corrected chi connectivity index (χ0v) is 20.6. The minimum Gasteiger partial charge on any atom is -0.441 e. The summed E-state index contributed by atoms with van der Waals surface area (Å²) in [5, 5.41) is 0. The number of piperidine rings is 1. The van der Waals surface area contributed by atoms with E-state index in [0.29, 0.717) is 13.2 Å². The lowest BCUT2D eigenvalue weighted by molar-refractivity contribution is 0.0549. The van der Waals surface area contributed by atoms with Crippen molar-refractivity contribution in [3.63, 3.8) is 0 Å². The molecular formula is C30H38NO3. The molecule has 0 unspecified atom stereocenters. The Morgan fingerprint density at radius 2 is 1.76 bits per heavy atom. The molecule has 2 aromatic carbocycles. The highest BCUT2D eigenvalue weighted by Gasteiger charge is 2.32. The van der Waals surface area contributed by atoms with E-state index < -0.39 is 0 Å². The number of hydrogen-bond donors (Lipinski definition) is 0. The van der Waals surface area contributed by atoms with E-state index in [1.54, 1.807) is 4.90 Å². The molecule has 0 spiro atoms. The molecule has 3 radical (unpaired) electrons. The first kappa shape index (κ1) is 26.0. The standard InChI is InChI=1S/C30H38NO3/c1-3-5-17-26-20-12-22-31(28(26)21-13-23-33-24-25-15-8-6-9-16-25)30(32)34-29(14-4-2)27-18-10-7-11-19-27/h6-12,15-20,22,28-29H,3-5,13-14,21,23-24H2,1-2H3/b26-17+/t28-,29-/m0/s1. The van der Waals surface area contributed by atoms with Crippen molar-refractivity contribution in [2.75, 3.05) is 6.61 Å². The van der Waals surface area contributed by atoms with Gasteiger partial charge in [0.1, 0.15) is 6.10 Å². The Morgan fingerprint density at radius 3 is 2.47 bits per heavy atom. The second kappa shape index (κ2) is 14.6. The summed E-state index contributed by atoms with van der Waals surface area (Å²) >= 11 is 0. The lowest BCUT2D eigenvalue weighted by atomic mass is 9.91. The number of likely N-dealkylation sites (tertiary alicyclic amines) is 1. The lowest BCUT2D eigenvalue weighted by Crippen LogP contribution is -2.43. The monoisotopic (exact) mass is 460 g/mol. The van der Waals surface area contributed by atoms with E-state index in [1.807, 2.05) is 61.5 Å². The second-order valence-electron chi connectivity index (χ2n) is 8.68. The molecule has 1 aliphatic rings. The lowest BCUT2D eigenvalue weighted by Gasteiger charge is -2.37. The van der Waals surface area contributed by atoms with E-state index in [4.69, 9.17) is 9.47 Å². The van der Waals surface area contributed by atoms with E-state index in [9.17, 15) is 4.79 Å². The van der Waals surface area contributed by atoms with Gasteiger partial charge >= 0.3 is 6.09 Å². The Labute approximate surface area is 206 Å². The zero-order valence-electron chi connectivity index (χ0n) is 20.6. The van der Waals surface area contributed by atoms with Gasteiger partial charge in [-0.1, -0.05) is 93.4 Å². The van der Waals surface area contributed by atoms with Gasteiger partial charge in [-0.2, -0.15) is 0 Å². The number of rotatable bonds is 12. The number of ether oxygens (including phenoxy) is 2. The highest BCUT2D eigenvalue weighted by atomic mass is 16.6. The van der Waals surface area contributed by atoms with Crippen molar-refractivity contribution in [2.24, 2.45) is 0 Å². The Hall–Kier alpha value is -2.59. The second-order valence-corrected chi connectivity index (χ2v) is 8.68. The van der Waals surface area contributed by atoms with Gasteiger partial charge in [-0.25, -0.2) is 4.79 Å². The van der Waals surface area contributed by atoms with Crippen LogP contribution in [0, 0.1) is 19.4 Å². The minimum atomic E-state index is -0.288. The van der Waals surface area contributed by atoms with Crippen molar-refractivity contribution in [3.8, 4) is 0 Å². The minimum absolute atomic E-state index is 0.0394. The summed E-state index contributed by atoms with van der Waals surface area (Å²) in [6, 6.07) is 20.2. The molecule has 2 aromatic rings. The van der Waals surface area contributed by atoms with Gasteiger partial charge in [0.15, 0.2) is 0 Å². The highest BCUT2D eigenvalue weighted by Crippen LogP contribution is 2.31. The van der Waals surface area contributed by atoms with E-state index >= 15 is 0 Å². The van der Waals surface area contributed by atoms with Gasteiger partial charge in [0.05, 0.1) is 19.2 Å². The van der Waals surface area contributed by atoms with Crippen LogP contribution in [0.3, 0.4) is 0 Å². The van der Waals surface area contributed by atoms with Crippen LogP contribution < -0.4 is 0 Å². The van der Waals surface area contributed by atoms with Crippen LogP contribution in [0.5, 0.6) is 0 Å². The third-order valence-electron chi connectivity index (χ3n) is 5.98. The topological polar surface area (TPSA) is 38.8 Å². The van der Waals surface area contributed by atoms with Crippen LogP contribution in [0.25, 0.3) is 0 Å². The largest absolute Gasteiger partial charge is 0.441 e. The van der Waals surface area contributed by atoms with Crippen molar-refractivity contribution >= 4 is 6.09 Å². The average Bonchev–Trinajstić information content (AvgIpc) is 2.88. The van der Waals surface area contributed by atoms with Crippen LogP contribution >= 0.6 is 0 Å². The molecule has 0 aromatic heterocycles. The predicted octanol–water partition coefficient (Wildman–Crippen LogP) is 7.64. The van der Waals surface area contributed by atoms with Crippen molar-refractivity contribution in [1.82, 2.24) is 4.90 Å². The molecule has 0 saturated carbocycles. The maximum absolute atomic E-state index is 13.3. The number of benzene rings is 2. The molecule has 34 heavy (non-hydrogen) atoms. The molecule has 4 nitrogen and oxygen atoms in total. The van der Waals surface area contributed by atoms with Crippen LogP contribution in [-0.2, 0) is 16.1 Å². The Balaban J connectivity index is 1.62. The molecule has 4 heteroatoms. The van der Waals surface area contributed by atoms with Gasteiger partial charge < -0.3 is 9.47 Å². The Kier molecular flexibility index (Phi) is 11.2. The van der Waals surface area contributed by atoms with Crippen LogP contribution in [0.1, 0.15) is 69.6 Å². The predicted molar refractivity (Wildman–Crippen MR) is 137 cm³/mol. The maximum atomic E-state index is 13.3. The van der Waals surface area contributed by atoms with E-state index in [1.165, 1.54) is 11.1 Å². The van der Waals surface area contributed by atoms with Crippen molar-refractivity contribution in [3.05, 3.63) is 103 Å². The van der Waals surface area contributed by atoms with E-state index in [-0.39, 0.29) is 18.2 Å². The summed E-state index contributed by atoms with van der Waals surface area (Å²) in [5.41, 5.74) is 3.39. The van der Waals surface area contributed by atoms with Gasteiger partial charge in [0, 0.05) is 6.61 Å². The molecule has 1 amide bonds. The molecule has 1 fully saturated rings. The smallest absolute Gasteiger partial charge is 0.411 e. The maximum Gasteiger partial charge on any atom is 0.411 e.